The van der Waals surface area contributed by atoms with Crippen molar-refractivity contribution in [3.63, 3.8) is 0 Å². The quantitative estimate of drug-likeness (QED) is 0.633. The van der Waals surface area contributed by atoms with E-state index < -0.39 is 5.97 Å². The van der Waals surface area contributed by atoms with Crippen LogP contribution in [0.25, 0.3) is 5.69 Å². The third-order valence-electron chi connectivity index (χ3n) is 3.95. The topological polar surface area (TPSA) is 87.4 Å². The Bertz CT molecular complexity index is 1080. The fourth-order valence-corrected chi connectivity index (χ4v) is 2.77. The lowest BCUT2D eigenvalue weighted by Crippen LogP contribution is -2.17. The second-order valence-corrected chi connectivity index (χ2v) is 6.69. The minimum atomic E-state index is -1.02. The van der Waals surface area contributed by atoms with E-state index in [2.05, 4.69) is 26.0 Å². The van der Waals surface area contributed by atoms with Crippen molar-refractivity contribution < 1.29 is 9.90 Å². The molecule has 132 valence electrons. The van der Waals surface area contributed by atoms with Crippen molar-refractivity contribution in [2.75, 3.05) is 0 Å². The van der Waals surface area contributed by atoms with Gasteiger partial charge in [-0.3, -0.25) is 14.9 Å². The first kappa shape index (κ1) is 17.9. The Labute approximate surface area is 157 Å². The van der Waals surface area contributed by atoms with Gasteiger partial charge in [-0.2, -0.15) is 0 Å². The lowest BCUT2D eigenvalue weighted by atomic mass is 10.2. The highest BCUT2D eigenvalue weighted by molar-refractivity contribution is 9.10. The second-order valence-electron chi connectivity index (χ2n) is 5.84. The maximum Gasteiger partial charge on any atom is 0.335 e. The minimum absolute atomic E-state index is 0.146. The molecule has 7 heteroatoms. The summed E-state index contributed by atoms with van der Waals surface area (Å²) in [7, 11) is 0. The number of rotatable bonds is 4. The third kappa shape index (κ3) is 3.52. The number of nitrogens with zero attached hydrogens (tertiary/aromatic N) is 2. The van der Waals surface area contributed by atoms with Crippen LogP contribution in [-0.2, 0) is 0 Å². The molecule has 0 radical (unpaired) electrons. The normalized spacial score (nSPS) is 11.2. The SMILES string of the molecule is Cc1cc(-n2[nH]c(C)c(C=Nc3cccc(C(=O)O)c3)c2=O)ccc1Br. The molecule has 0 saturated carbocycles. The Balaban J connectivity index is 1.98. The number of halogens is 1. The predicted octanol–water partition coefficient (Wildman–Crippen LogP) is 3.99. The Morgan fingerprint density at radius 2 is 2.00 bits per heavy atom. The number of carbonyl (C=O) groups is 1. The number of carboxylic acids is 1. The number of aliphatic imine (C=N–C) groups is 1. The summed E-state index contributed by atoms with van der Waals surface area (Å²) >= 11 is 3.45. The number of aromatic carboxylic acids is 1. The van der Waals surface area contributed by atoms with Gasteiger partial charge < -0.3 is 5.11 Å². The molecule has 3 rings (SSSR count). The van der Waals surface area contributed by atoms with Gasteiger partial charge in [0, 0.05) is 16.4 Å². The maximum absolute atomic E-state index is 12.7. The average Bonchev–Trinajstić information content (AvgIpc) is 2.90. The monoisotopic (exact) mass is 413 g/mol. The van der Waals surface area contributed by atoms with Crippen LogP contribution < -0.4 is 5.56 Å². The Hall–Kier alpha value is -2.93. The summed E-state index contributed by atoms with van der Waals surface area (Å²) in [5, 5.41) is 12.1. The van der Waals surface area contributed by atoms with E-state index >= 15 is 0 Å². The summed E-state index contributed by atoms with van der Waals surface area (Å²) in [6.45, 7) is 3.74. The summed E-state index contributed by atoms with van der Waals surface area (Å²) in [4.78, 5) is 28.0. The smallest absolute Gasteiger partial charge is 0.335 e. The van der Waals surface area contributed by atoms with Crippen LogP contribution in [0.3, 0.4) is 0 Å². The molecule has 26 heavy (non-hydrogen) atoms. The number of hydrogen-bond donors (Lipinski definition) is 2. The largest absolute Gasteiger partial charge is 0.478 e. The number of aromatic nitrogens is 2. The van der Waals surface area contributed by atoms with Crippen LogP contribution in [0.15, 0.2) is 56.7 Å². The zero-order valence-corrected chi connectivity index (χ0v) is 15.7. The van der Waals surface area contributed by atoms with Gasteiger partial charge in [-0.1, -0.05) is 22.0 Å². The molecule has 0 spiro atoms. The Kier molecular flexibility index (Phi) is 4.90. The number of carboxylic acid groups (broad SMARTS) is 1. The Morgan fingerprint density at radius 1 is 1.23 bits per heavy atom. The molecular formula is C19H16BrN3O3. The van der Waals surface area contributed by atoms with E-state index in [4.69, 9.17) is 5.11 Å². The molecule has 0 atom stereocenters. The van der Waals surface area contributed by atoms with Crippen LogP contribution in [0.2, 0.25) is 0 Å². The second kappa shape index (κ2) is 7.13. The lowest BCUT2D eigenvalue weighted by Gasteiger charge is -2.04. The highest BCUT2D eigenvalue weighted by Gasteiger charge is 2.11. The van der Waals surface area contributed by atoms with Crippen molar-refractivity contribution in [3.05, 3.63) is 79.7 Å². The molecule has 0 bridgehead atoms. The number of nitrogens with one attached hydrogen (secondary N) is 1. The highest BCUT2D eigenvalue weighted by atomic mass is 79.9. The molecule has 0 amide bonds. The first-order chi connectivity index (χ1) is 12.4. The first-order valence-corrected chi connectivity index (χ1v) is 8.61. The van der Waals surface area contributed by atoms with E-state index in [-0.39, 0.29) is 11.1 Å². The van der Waals surface area contributed by atoms with Crippen LogP contribution in [-0.4, -0.2) is 27.1 Å². The zero-order chi connectivity index (χ0) is 18.8. The highest BCUT2D eigenvalue weighted by Crippen LogP contribution is 2.19. The molecule has 3 aromatic rings. The molecule has 0 aliphatic carbocycles. The van der Waals surface area contributed by atoms with Gasteiger partial charge in [-0.15, -0.1) is 0 Å². The molecule has 0 aliphatic rings. The molecular weight excluding hydrogens is 398 g/mol. The van der Waals surface area contributed by atoms with Crippen molar-refractivity contribution in [1.29, 1.82) is 0 Å². The van der Waals surface area contributed by atoms with Crippen molar-refractivity contribution in [3.8, 4) is 5.69 Å². The van der Waals surface area contributed by atoms with Crippen molar-refractivity contribution in [1.82, 2.24) is 9.78 Å². The third-order valence-corrected chi connectivity index (χ3v) is 4.84. The van der Waals surface area contributed by atoms with Gasteiger partial charge in [0.15, 0.2) is 0 Å². The van der Waals surface area contributed by atoms with E-state index in [1.165, 1.54) is 23.0 Å². The van der Waals surface area contributed by atoms with E-state index in [0.717, 1.165) is 15.7 Å². The van der Waals surface area contributed by atoms with E-state index in [1.54, 1.807) is 19.1 Å². The van der Waals surface area contributed by atoms with Crippen molar-refractivity contribution in [2.24, 2.45) is 4.99 Å². The lowest BCUT2D eigenvalue weighted by molar-refractivity contribution is 0.0697. The summed E-state index contributed by atoms with van der Waals surface area (Å²) in [6, 6.07) is 11.9. The van der Waals surface area contributed by atoms with Gasteiger partial charge in [0.25, 0.3) is 5.56 Å². The molecule has 1 heterocycles. The molecule has 0 aliphatic heterocycles. The van der Waals surface area contributed by atoms with Crippen LogP contribution in [0, 0.1) is 13.8 Å². The van der Waals surface area contributed by atoms with E-state index in [0.29, 0.717) is 16.9 Å². The predicted molar refractivity (Wildman–Crippen MR) is 104 cm³/mol. The number of aryl methyl sites for hydroxylation is 2. The van der Waals surface area contributed by atoms with Crippen LogP contribution >= 0.6 is 15.9 Å². The fourth-order valence-electron chi connectivity index (χ4n) is 2.52. The number of benzene rings is 2. The molecule has 0 fully saturated rings. The number of H-pyrrole nitrogens is 1. The molecule has 1 aromatic heterocycles. The van der Waals surface area contributed by atoms with Gasteiger partial charge in [0.05, 0.1) is 22.5 Å². The fraction of sp³-hybridized carbons (Fsp3) is 0.105. The maximum atomic E-state index is 12.7. The van der Waals surface area contributed by atoms with Gasteiger partial charge >= 0.3 is 5.97 Å². The summed E-state index contributed by atoms with van der Waals surface area (Å²) in [5.74, 6) is -1.02. The molecule has 0 saturated heterocycles. The molecule has 0 unspecified atom stereocenters. The number of hydrogen-bond acceptors (Lipinski definition) is 3. The van der Waals surface area contributed by atoms with Gasteiger partial charge in [0.1, 0.15) is 0 Å². The van der Waals surface area contributed by atoms with Crippen LogP contribution in [0.4, 0.5) is 5.69 Å². The van der Waals surface area contributed by atoms with Gasteiger partial charge in [-0.25, -0.2) is 9.48 Å². The summed E-state index contributed by atoms with van der Waals surface area (Å²) in [5.41, 5.74) is 3.24. The van der Waals surface area contributed by atoms with Crippen LogP contribution in [0.1, 0.15) is 27.2 Å². The van der Waals surface area contributed by atoms with Gasteiger partial charge in [-0.05, 0) is 55.8 Å². The van der Waals surface area contributed by atoms with E-state index in [1.807, 2.05) is 25.1 Å². The van der Waals surface area contributed by atoms with E-state index in [9.17, 15) is 9.59 Å². The van der Waals surface area contributed by atoms with Crippen LogP contribution in [0.5, 0.6) is 0 Å². The summed E-state index contributed by atoms with van der Waals surface area (Å²) < 4.78 is 2.43. The Morgan fingerprint density at radius 3 is 2.69 bits per heavy atom. The number of aromatic amines is 1. The molecule has 2 aromatic carbocycles. The first-order valence-electron chi connectivity index (χ1n) is 7.82. The van der Waals surface area contributed by atoms with Crippen molar-refractivity contribution in [2.45, 2.75) is 13.8 Å². The van der Waals surface area contributed by atoms with Crippen molar-refractivity contribution >= 4 is 33.8 Å². The molecule has 6 nitrogen and oxygen atoms in total. The zero-order valence-electron chi connectivity index (χ0n) is 14.2. The standard InChI is InChI=1S/C19H16BrN3O3/c1-11-8-15(6-7-17(11)20)23-18(24)16(12(2)22-23)10-21-14-5-3-4-13(9-14)19(25)26/h3-10,22H,1-2H3,(H,25,26). The minimum Gasteiger partial charge on any atom is -0.478 e. The van der Waals surface area contributed by atoms with Gasteiger partial charge in [0.2, 0.25) is 0 Å². The summed E-state index contributed by atoms with van der Waals surface area (Å²) in [6.07, 6.45) is 1.46. The molecule has 2 N–H and O–H groups in total. The average molecular weight is 414 g/mol.